The van der Waals surface area contributed by atoms with Crippen molar-refractivity contribution >= 4 is 0 Å². The van der Waals surface area contributed by atoms with E-state index in [0.717, 1.165) is 32.5 Å². The number of methoxy groups -OCH3 is 1. The van der Waals surface area contributed by atoms with Crippen LogP contribution in [0.2, 0.25) is 0 Å². The molecule has 1 saturated heterocycles. The largest absolute Gasteiger partial charge is 0.395 e. The Hall–Kier alpha value is -0.160. The van der Waals surface area contributed by atoms with Gasteiger partial charge in [-0.1, -0.05) is 0 Å². The van der Waals surface area contributed by atoms with E-state index in [0.29, 0.717) is 25.9 Å². The van der Waals surface area contributed by atoms with Crippen LogP contribution in [0.5, 0.6) is 0 Å². The molecule has 0 amide bonds. The molecule has 1 fully saturated rings. The lowest BCUT2D eigenvalue weighted by Crippen LogP contribution is -2.33. The molecule has 1 atom stereocenters. The highest BCUT2D eigenvalue weighted by molar-refractivity contribution is 4.77. The number of hydrogen-bond acceptors (Lipinski definition) is 4. The summed E-state index contributed by atoms with van der Waals surface area (Å²) < 4.78 is 10.3. The molecule has 0 spiro atoms. The van der Waals surface area contributed by atoms with Gasteiger partial charge in [0.15, 0.2) is 0 Å². The fourth-order valence-corrected chi connectivity index (χ4v) is 2.01. The molecule has 0 saturated carbocycles. The van der Waals surface area contributed by atoms with Gasteiger partial charge >= 0.3 is 0 Å². The summed E-state index contributed by atoms with van der Waals surface area (Å²) in [5.41, 5.74) is 0. The van der Waals surface area contributed by atoms with Crippen molar-refractivity contribution in [1.82, 2.24) is 4.90 Å². The first-order valence-electron chi connectivity index (χ1n) is 5.80. The molecule has 0 aliphatic carbocycles. The van der Waals surface area contributed by atoms with Gasteiger partial charge in [0, 0.05) is 26.3 Å². The molecule has 4 heteroatoms. The highest BCUT2D eigenvalue weighted by Gasteiger charge is 2.22. The van der Waals surface area contributed by atoms with Crippen molar-refractivity contribution in [3.63, 3.8) is 0 Å². The van der Waals surface area contributed by atoms with Crippen LogP contribution in [0.25, 0.3) is 0 Å². The highest BCUT2D eigenvalue weighted by atomic mass is 16.5. The lowest BCUT2D eigenvalue weighted by Gasteiger charge is -2.22. The zero-order valence-electron chi connectivity index (χ0n) is 9.65. The van der Waals surface area contributed by atoms with Gasteiger partial charge in [-0.25, -0.2) is 0 Å². The molecule has 0 bridgehead atoms. The predicted molar refractivity (Wildman–Crippen MR) is 59.0 cm³/mol. The number of ether oxygens (including phenoxy) is 2. The summed E-state index contributed by atoms with van der Waals surface area (Å²) in [6, 6.07) is 0.393. The van der Waals surface area contributed by atoms with E-state index in [1.54, 1.807) is 7.11 Å². The number of aliphatic hydroxyl groups excluding tert-OH is 1. The SMILES string of the molecule is COCCOCCCN1CCC[C@H]1CO. The molecule has 1 heterocycles. The second kappa shape index (κ2) is 8.05. The molecule has 0 aromatic rings. The topological polar surface area (TPSA) is 41.9 Å². The van der Waals surface area contributed by atoms with E-state index >= 15 is 0 Å². The lowest BCUT2D eigenvalue weighted by atomic mass is 10.2. The number of nitrogens with zero attached hydrogens (tertiary/aromatic N) is 1. The van der Waals surface area contributed by atoms with Gasteiger partial charge in [-0.3, -0.25) is 4.90 Å². The first kappa shape index (κ1) is 12.9. The minimum atomic E-state index is 0.296. The van der Waals surface area contributed by atoms with Gasteiger partial charge in [-0.15, -0.1) is 0 Å². The summed E-state index contributed by atoms with van der Waals surface area (Å²) in [6.07, 6.45) is 3.40. The average molecular weight is 217 g/mol. The zero-order valence-corrected chi connectivity index (χ0v) is 9.65. The third-order valence-electron chi connectivity index (χ3n) is 2.88. The Morgan fingerprint density at radius 2 is 2.20 bits per heavy atom. The van der Waals surface area contributed by atoms with Crippen LogP contribution in [-0.4, -0.2) is 62.7 Å². The van der Waals surface area contributed by atoms with Crippen molar-refractivity contribution in [2.45, 2.75) is 25.3 Å². The minimum absolute atomic E-state index is 0.296. The Labute approximate surface area is 92.2 Å². The summed E-state index contributed by atoms with van der Waals surface area (Å²) >= 11 is 0. The molecule has 4 nitrogen and oxygen atoms in total. The Kier molecular flexibility index (Phi) is 6.92. The first-order chi connectivity index (χ1) is 7.38. The summed E-state index contributed by atoms with van der Waals surface area (Å²) in [4.78, 5) is 2.36. The van der Waals surface area contributed by atoms with E-state index in [1.807, 2.05) is 0 Å². The van der Waals surface area contributed by atoms with Gasteiger partial charge in [0.05, 0.1) is 19.8 Å². The first-order valence-corrected chi connectivity index (χ1v) is 5.80. The number of aliphatic hydroxyl groups is 1. The van der Waals surface area contributed by atoms with Crippen LogP contribution in [-0.2, 0) is 9.47 Å². The van der Waals surface area contributed by atoms with Crippen molar-refractivity contribution in [3.8, 4) is 0 Å². The molecule has 0 aromatic carbocycles. The van der Waals surface area contributed by atoms with Crippen molar-refractivity contribution in [1.29, 1.82) is 0 Å². The Bertz CT molecular complexity index is 155. The summed E-state index contributed by atoms with van der Waals surface area (Å²) in [5.74, 6) is 0. The second-order valence-corrected chi connectivity index (χ2v) is 3.97. The van der Waals surface area contributed by atoms with Crippen molar-refractivity contribution < 1.29 is 14.6 Å². The average Bonchev–Trinajstić information content (AvgIpc) is 2.70. The molecule has 1 aliphatic heterocycles. The number of likely N-dealkylation sites (tertiary alicyclic amines) is 1. The molecule has 0 aromatic heterocycles. The van der Waals surface area contributed by atoms with Gasteiger partial charge < -0.3 is 14.6 Å². The van der Waals surface area contributed by atoms with E-state index in [2.05, 4.69) is 4.90 Å². The van der Waals surface area contributed by atoms with Gasteiger partial charge in [0.25, 0.3) is 0 Å². The normalized spacial score (nSPS) is 22.4. The molecular formula is C11H23NO3. The van der Waals surface area contributed by atoms with Crippen LogP contribution in [0.3, 0.4) is 0 Å². The van der Waals surface area contributed by atoms with Crippen LogP contribution in [0.4, 0.5) is 0 Å². The minimum Gasteiger partial charge on any atom is -0.395 e. The van der Waals surface area contributed by atoms with Crippen LogP contribution in [0, 0.1) is 0 Å². The third-order valence-corrected chi connectivity index (χ3v) is 2.88. The van der Waals surface area contributed by atoms with Gasteiger partial charge in [-0.2, -0.15) is 0 Å². The monoisotopic (exact) mass is 217 g/mol. The summed E-state index contributed by atoms with van der Waals surface area (Å²) in [7, 11) is 1.68. The zero-order chi connectivity index (χ0) is 10.9. The maximum atomic E-state index is 9.12. The molecule has 0 unspecified atom stereocenters. The smallest absolute Gasteiger partial charge is 0.0700 e. The van der Waals surface area contributed by atoms with Crippen molar-refractivity contribution in [3.05, 3.63) is 0 Å². The molecule has 90 valence electrons. The maximum absolute atomic E-state index is 9.12. The van der Waals surface area contributed by atoms with Crippen molar-refractivity contribution in [2.75, 3.05) is 46.6 Å². The third kappa shape index (κ3) is 4.93. The predicted octanol–water partition coefficient (Wildman–Crippen LogP) is 0.496. The number of rotatable bonds is 8. The van der Waals surface area contributed by atoms with E-state index in [-0.39, 0.29) is 0 Å². The Morgan fingerprint density at radius 1 is 1.33 bits per heavy atom. The van der Waals surface area contributed by atoms with Crippen LogP contribution >= 0.6 is 0 Å². The van der Waals surface area contributed by atoms with Crippen LogP contribution in [0.1, 0.15) is 19.3 Å². The van der Waals surface area contributed by atoms with Crippen LogP contribution < -0.4 is 0 Å². The maximum Gasteiger partial charge on any atom is 0.0700 e. The summed E-state index contributed by atoms with van der Waals surface area (Å²) in [6.45, 7) is 4.60. The fourth-order valence-electron chi connectivity index (χ4n) is 2.01. The lowest BCUT2D eigenvalue weighted by molar-refractivity contribution is 0.0626. The highest BCUT2D eigenvalue weighted by Crippen LogP contribution is 2.16. The van der Waals surface area contributed by atoms with Crippen LogP contribution in [0.15, 0.2) is 0 Å². The second-order valence-electron chi connectivity index (χ2n) is 3.97. The molecule has 1 rings (SSSR count). The molecule has 0 radical (unpaired) electrons. The van der Waals surface area contributed by atoms with E-state index in [1.165, 1.54) is 6.42 Å². The molecule has 15 heavy (non-hydrogen) atoms. The van der Waals surface area contributed by atoms with E-state index in [4.69, 9.17) is 14.6 Å². The Balaban J connectivity index is 1.95. The fraction of sp³-hybridized carbons (Fsp3) is 1.00. The van der Waals surface area contributed by atoms with Gasteiger partial charge in [0.1, 0.15) is 0 Å². The van der Waals surface area contributed by atoms with Gasteiger partial charge in [0.2, 0.25) is 0 Å². The molecule has 1 aliphatic rings. The summed E-state index contributed by atoms with van der Waals surface area (Å²) in [5, 5.41) is 9.12. The molecule has 1 N–H and O–H groups in total. The Morgan fingerprint density at radius 3 is 2.93 bits per heavy atom. The quantitative estimate of drug-likeness (QED) is 0.601. The number of hydrogen-bond donors (Lipinski definition) is 1. The van der Waals surface area contributed by atoms with E-state index < -0.39 is 0 Å². The molecular weight excluding hydrogens is 194 g/mol. The van der Waals surface area contributed by atoms with E-state index in [9.17, 15) is 0 Å². The standard InChI is InChI=1S/C11H23NO3/c1-14-8-9-15-7-3-6-12-5-2-4-11(12)10-13/h11,13H,2-10H2,1H3/t11-/m0/s1. The van der Waals surface area contributed by atoms with Gasteiger partial charge in [-0.05, 0) is 25.8 Å². The van der Waals surface area contributed by atoms with Crippen molar-refractivity contribution in [2.24, 2.45) is 0 Å².